The highest BCUT2D eigenvalue weighted by molar-refractivity contribution is 5.81. The third-order valence-corrected chi connectivity index (χ3v) is 5.67. The summed E-state index contributed by atoms with van der Waals surface area (Å²) in [4.78, 5) is 11.6. The van der Waals surface area contributed by atoms with Gasteiger partial charge in [0, 0.05) is 0 Å². The minimum absolute atomic E-state index is 0.280. The summed E-state index contributed by atoms with van der Waals surface area (Å²) in [7, 11) is 0. The van der Waals surface area contributed by atoms with E-state index in [4.69, 9.17) is 4.74 Å². The molecule has 0 saturated heterocycles. The molecule has 0 heterocycles. The second-order valence-electron chi connectivity index (χ2n) is 7.85. The standard InChI is InChI=1S/C26H21F3O3/c1-16-5-6-20-14-22(11-12-23(20)24(16)25(30)31)32-15-17-3-2-4-19(13-17)18-7-9-21(10-8-18)26(27,28)29/h2-4,7-14,24H,1,5-6,15H2,(H,30,31). The van der Waals surface area contributed by atoms with Gasteiger partial charge in [0.25, 0.3) is 0 Å². The molecule has 1 aliphatic carbocycles. The van der Waals surface area contributed by atoms with Crippen LogP contribution in [-0.2, 0) is 24.0 Å². The van der Waals surface area contributed by atoms with Gasteiger partial charge in [0.15, 0.2) is 0 Å². The van der Waals surface area contributed by atoms with Crippen LogP contribution in [0.3, 0.4) is 0 Å². The van der Waals surface area contributed by atoms with Crippen LogP contribution >= 0.6 is 0 Å². The van der Waals surface area contributed by atoms with Crippen molar-refractivity contribution in [2.24, 2.45) is 0 Å². The van der Waals surface area contributed by atoms with E-state index in [2.05, 4.69) is 6.58 Å². The van der Waals surface area contributed by atoms with Crippen molar-refractivity contribution in [3.05, 3.63) is 101 Å². The van der Waals surface area contributed by atoms with Crippen LogP contribution < -0.4 is 4.74 Å². The van der Waals surface area contributed by atoms with Crippen LogP contribution in [0.25, 0.3) is 11.1 Å². The van der Waals surface area contributed by atoms with Gasteiger partial charge in [-0.15, -0.1) is 0 Å². The number of hydrogen-bond donors (Lipinski definition) is 1. The highest BCUT2D eigenvalue weighted by Gasteiger charge is 2.30. The molecule has 32 heavy (non-hydrogen) atoms. The van der Waals surface area contributed by atoms with Gasteiger partial charge in [-0.2, -0.15) is 13.2 Å². The van der Waals surface area contributed by atoms with E-state index in [0.29, 0.717) is 23.3 Å². The fourth-order valence-corrected chi connectivity index (χ4v) is 4.00. The number of hydrogen-bond acceptors (Lipinski definition) is 2. The summed E-state index contributed by atoms with van der Waals surface area (Å²) in [6.45, 7) is 4.18. The van der Waals surface area contributed by atoms with Crippen molar-refractivity contribution in [3.8, 4) is 16.9 Å². The van der Waals surface area contributed by atoms with Crippen LogP contribution in [0.2, 0.25) is 0 Å². The van der Waals surface area contributed by atoms with Crippen LogP contribution in [0.4, 0.5) is 13.2 Å². The number of ether oxygens (including phenoxy) is 1. The maximum Gasteiger partial charge on any atom is 0.416 e. The van der Waals surface area contributed by atoms with Crippen molar-refractivity contribution < 1.29 is 27.8 Å². The molecule has 1 N–H and O–H groups in total. The molecule has 3 aromatic carbocycles. The summed E-state index contributed by atoms with van der Waals surface area (Å²) >= 11 is 0. The van der Waals surface area contributed by atoms with Gasteiger partial charge in [-0.05, 0) is 71.0 Å². The lowest BCUT2D eigenvalue weighted by Crippen LogP contribution is -2.20. The monoisotopic (exact) mass is 438 g/mol. The van der Waals surface area contributed by atoms with Gasteiger partial charge in [0.05, 0.1) is 5.56 Å². The minimum atomic E-state index is -4.36. The first-order chi connectivity index (χ1) is 15.2. The molecule has 4 rings (SSSR count). The first kappa shape index (κ1) is 21.7. The average molecular weight is 438 g/mol. The molecule has 0 spiro atoms. The molecule has 1 unspecified atom stereocenters. The van der Waals surface area contributed by atoms with E-state index < -0.39 is 23.6 Å². The number of carboxylic acid groups (broad SMARTS) is 1. The maximum absolute atomic E-state index is 12.8. The Kier molecular flexibility index (Phi) is 5.78. The van der Waals surface area contributed by atoms with E-state index in [1.54, 1.807) is 12.1 Å². The number of rotatable bonds is 5. The lowest BCUT2D eigenvalue weighted by Gasteiger charge is -2.25. The van der Waals surface area contributed by atoms with Gasteiger partial charge in [-0.25, -0.2) is 0 Å². The van der Waals surface area contributed by atoms with E-state index in [0.717, 1.165) is 40.8 Å². The Morgan fingerprint density at radius 1 is 1.00 bits per heavy atom. The van der Waals surface area contributed by atoms with E-state index in [-0.39, 0.29) is 6.61 Å². The molecule has 0 saturated carbocycles. The zero-order valence-corrected chi connectivity index (χ0v) is 17.2. The second kappa shape index (κ2) is 8.54. The Labute approximate surface area is 183 Å². The Morgan fingerprint density at radius 2 is 1.75 bits per heavy atom. The predicted octanol–water partition coefficient (Wildman–Crippen LogP) is 6.62. The van der Waals surface area contributed by atoms with Gasteiger partial charge in [0.2, 0.25) is 0 Å². The zero-order chi connectivity index (χ0) is 22.9. The molecule has 3 nitrogen and oxygen atoms in total. The topological polar surface area (TPSA) is 46.5 Å². The van der Waals surface area contributed by atoms with Gasteiger partial charge in [0.1, 0.15) is 18.3 Å². The van der Waals surface area contributed by atoms with E-state index >= 15 is 0 Å². The molecule has 164 valence electrons. The highest BCUT2D eigenvalue weighted by atomic mass is 19.4. The Balaban J connectivity index is 1.48. The number of carboxylic acids is 1. The molecule has 0 amide bonds. The molecule has 1 atom stereocenters. The third kappa shape index (κ3) is 4.54. The average Bonchev–Trinajstić information content (AvgIpc) is 2.77. The fourth-order valence-electron chi connectivity index (χ4n) is 4.00. The molecular formula is C26H21F3O3. The van der Waals surface area contributed by atoms with Gasteiger partial charge in [-0.3, -0.25) is 4.79 Å². The molecule has 3 aromatic rings. The SMILES string of the molecule is C=C1CCc2cc(OCc3cccc(-c4ccc(C(F)(F)F)cc4)c3)ccc2C1C(=O)O. The summed E-state index contributed by atoms with van der Waals surface area (Å²) in [5.41, 5.74) is 4.09. The van der Waals surface area contributed by atoms with Crippen molar-refractivity contribution >= 4 is 5.97 Å². The van der Waals surface area contributed by atoms with Crippen molar-refractivity contribution in [3.63, 3.8) is 0 Å². The van der Waals surface area contributed by atoms with Gasteiger partial charge >= 0.3 is 12.1 Å². The quantitative estimate of drug-likeness (QED) is 0.455. The zero-order valence-electron chi connectivity index (χ0n) is 17.2. The fraction of sp³-hybridized carbons (Fsp3) is 0.192. The maximum atomic E-state index is 12.8. The molecular weight excluding hydrogens is 417 g/mol. The van der Waals surface area contributed by atoms with Crippen molar-refractivity contribution in [1.29, 1.82) is 0 Å². The van der Waals surface area contributed by atoms with E-state index in [9.17, 15) is 23.1 Å². The van der Waals surface area contributed by atoms with Crippen molar-refractivity contribution in [2.45, 2.75) is 31.5 Å². The molecule has 6 heteroatoms. The third-order valence-electron chi connectivity index (χ3n) is 5.67. The summed E-state index contributed by atoms with van der Waals surface area (Å²) in [6, 6.07) is 17.9. The Morgan fingerprint density at radius 3 is 2.44 bits per heavy atom. The lowest BCUT2D eigenvalue weighted by atomic mass is 9.80. The van der Waals surface area contributed by atoms with E-state index in [1.807, 2.05) is 30.3 Å². The molecule has 0 radical (unpaired) electrons. The van der Waals surface area contributed by atoms with Gasteiger partial charge in [-0.1, -0.05) is 48.6 Å². The van der Waals surface area contributed by atoms with Crippen molar-refractivity contribution in [2.75, 3.05) is 0 Å². The summed E-state index contributed by atoms with van der Waals surface area (Å²) < 4.78 is 44.3. The number of aryl methyl sites for hydroxylation is 1. The summed E-state index contributed by atoms with van der Waals surface area (Å²) in [5, 5.41) is 9.50. The molecule has 0 bridgehead atoms. The van der Waals surface area contributed by atoms with Crippen LogP contribution in [-0.4, -0.2) is 11.1 Å². The summed E-state index contributed by atoms with van der Waals surface area (Å²) in [5.74, 6) is -0.946. The number of carbonyl (C=O) groups is 1. The minimum Gasteiger partial charge on any atom is -0.489 e. The molecule has 1 aliphatic rings. The van der Waals surface area contributed by atoms with Gasteiger partial charge < -0.3 is 9.84 Å². The number of aliphatic carboxylic acids is 1. The lowest BCUT2D eigenvalue weighted by molar-refractivity contribution is -0.138. The normalized spacial score (nSPS) is 15.8. The highest BCUT2D eigenvalue weighted by Crippen LogP contribution is 2.37. The number of halogens is 3. The van der Waals surface area contributed by atoms with E-state index in [1.165, 1.54) is 12.1 Å². The van der Waals surface area contributed by atoms with Crippen LogP contribution in [0, 0.1) is 0 Å². The Bertz CT molecular complexity index is 1160. The smallest absolute Gasteiger partial charge is 0.416 e. The van der Waals surface area contributed by atoms with Crippen LogP contribution in [0.5, 0.6) is 5.75 Å². The largest absolute Gasteiger partial charge is 0.489 e. The first-order valence-electron chi connectivity index (χ1n) is 10.1. The summed E-state index contributed by atoms with van der Waals surface area (Å²) in [6.07, 6.45) is -3.01. The number of alkyl halides is 3. The second-order valence-corrected chi connectivity index (χ2v) is 7.85. The predicted molar refractivity (Wildman–Crippen MR) is 115 cm³/mol. The first-order valence-corrected chi connectivity index (χ1v) is 10.1. The van der Waals surface area contributed by atoms with Crippen LogP contribution in [0.1, 0.15) is 34.6 Å². The molecule has 0 aromatic heterocycles. The number of benzene rings is 3. The molecule has 0 aliphatic heterocycles. The van der Waals surface area contributed by atoms with Crippen LogP contribution in [0.15, 0.2) is 78.9 Å². The molecule has 0 fully saturated rings. The van der Waals surface area contributed by atoms with Crippen molar-refractivity contribution in [1.82, 2.24) is 0 Å². The number of fused-ring (bicyclic) bond motifs is 1. The Hall–Kier alpha value is -3.54.